The van der Waals surface area contributed by atoms with Crippen LogP contribution in [0.15, 0.2) is 12.1 Å². The van der Waals surface area contributed by atoms with E-state index in [9.17, 15) is 22.8 Å². The molecule has 0 spiro atoms. The topological polar surface area (TPSA) is 46.2 Å². The van der Waals surface area contributed by atoms with E-state index in [0.717, 1.165) is 12.1 Å². The van der Waals surface area contributed by atoms with Crippen LogP contribution in [0.1, 0.15) is 37.7 Å². The van der Waals surface area contributed by atoms with Gasteiger partial charge >= 0.3 is 0 Å². The van der Waals surface area contributed by atoms with Crippen molar-refractivity contribution in [2.75, 3.05) is 0 Å². The minimum Gasteiger partial charge on any atom is -0.296 e. The summed E-state index contributed by atoms with van der Waals surface area (Å²) in [5.74, 6) is -6.27. The van der Waals surface area contributed by atoms with Gasteiger partial charge in [-0.2, -0.15) is 0 Å². The Hall–Kier alpha value is -1.85. The van der Waals surface area contributed by atoms with Crippen LogP contribution in [-0.2, 0) is 9.59 Å². The van der Waals surface area contributed by atoms with Crippen LogP contribution < -0.4 is 5.32 Å². The zero-order valence-electron chi connectivity index (χ0n) is 10.9. The predicted molar refractivity (Wildman–Crippen MR) is 65.2 cm³/mol. The summed E-state index contributed by atoms with van der Waals surface area (Å²) in [5.41, 5.74) is 0.142. The number of piperidine rings is 1. The van der Waals surface area contributed by atoms with Gasteiger partial charge in [0.15, 0.2) is 17.5 Å². The number of benzene rings is 1. The number of hydrogen-bond acceptors (Lipinski definition) is 2. The van der Waals surface area contributed by atoms with Crippen LogP contribution in [0.3, 0.4) is 0 Å². The van der Waals surface area contributed by atoms with Gasteiger partial charge in [-0.15, -0.1) is 0 Å². The van der Waals surface area contributed by atoms with Crippen molar-refractivity contribution in [3.63, 3.8) is 0 Å². The van der Waals surface area contributed by atoms with Crippen LogP contribution in [0.4, 0.5) is 13.2 Å². The normalized spacial score (nSPS) is 22.8. The lowest BCUT2D eigenvalue weighted by atomic mass is 9.78. The van der Waals surface area contributed by atoms with Crippen molar-refractivity contribution in [1.29, 1.82) is 0 Å². The Morgan fingerprint density at radius 2 is 1.80 bits per heavy atom. The number of halogens is 3. The minimum absolute atomic E-state index is 0.0408. The van der Waals surface area contributed by atoms with Crippen molar-refractivity contribution in [3.05, 3.63) is 35.1 Å². The molecule has 1 heterocycles. The Morgan fingerprint density at radius 1 is 1.20 bits per heavy atom. The maximum atomic E-state index is 13.3. The van der Waals surface area contributed by atoms with Crippen LogP contribution in [-0.4, -0.2) is 11.8 Å². The molecular weight excluding hydrogens is 271 g/mol. The highest BCUT2D eigenvalue weighted by molar-refractivity contribution is 5.99. The first-order valence-electron chi connectivity index (χ1n) is 6.42. The average Bonchev–Trinajstić information content (AvgIpc) is 2.38. The SMILES string of the molecule is CCCC1C(=O)NC(=O)CC1c1cc(F)c(F)c(F)c1. The largest absolute Gasteiger partial charge is 0.296 e. The van der Waals surface area contributed by atoms with E-state index in [2.05, 4.69) is 5.32 Å². The number of carbonyl (C=O) groups is 2. The molecular formula is C14H14F3NO2. The summed E-state index contributed by atoms with van der Waals surface area (Å²) in [6, 6.07) is 1.72. The van der Waals surface area contributed by atoms with Gasteiger partial charge in [0.25, 0.3) is 0 Å². The fourth-order valence-electron chi connectivity index (χ4n) is 2.59. The van der Waals surface area contributed by atoms with E-state index < -0.39 is 41.1 Å². The van der Waals surface area contributed by atoms with Crippen molar-refractivity contribution in [1.82, 2.24) is 5.32 Å². The highest BCUT2D eigenvalue weighted by Gasteiger charge is 2.36. The fraction of sp³-hybridized carbons (Fsp3) is 0.429. The van der Waals surface area contributed by atoms with Crippen LogP contribution >= 0.6 is 0 Å². The molecule has 1 aliphatic rings. The van der Waals surface area contributed by atoms with Gasteiger partial charge in [0.1, 0.15) is 0 Å². The predicted octanol–water partition coefficient (Wildman–Crippen LogP) is 2.65. The molecule has 6 heteroatoms. The van der Waals surface area contributed by atoms with Gasteiger partial charge in [-0.3, -0.25) is 14.9 Å². The molecule has 1 aromatic carbocycles. The summed E-state index contributed by atoms with van der Waals surface area (Å²) in [6.45, 7) is 1.87. The molecule has 1 N–H and O–H groups in total. The van der Waals surface area contributed by atoms with Gasteiger partial charge < -0.3 is 0 Å². The van der Waals surface area contributed by atoms with Crippen molar-refractivity contribution in [2.45, 2.75) is 32.1 Å². The van der Waals surface area contributed by atoms with Crippen LogP contribution in [0.5, 0.6) is 0 Å². The summed E-state index contributed by atoms with van der Waals surface area (Å²) in [7, 11) is 0. The maximum Gasteiger partial charge on any atom is 0.230 e. The van der Waals surface area contributed by atoms with Gasteiger partial charge in [0.05, 0.1) is 0 Å². The number of amides is 2. The van der Waals surface area contributed by atoms with E-state index in [4.69, 9.17) is 0 Å². The molecule has 108 valence electrons. The molecule has 2 unspecified atom stereocenters. The summed E-state index contributed by atoms with van der Waals surface area (Å²) >= 11 is 0. The monoisotopic (exact) mass is 285 g/mol. The maximum absolute atomic E-state index is 13.3. The second kappa shape index (κ2) is 5.64. The molecule has 1 fully saturated rings. The van der Waals surface area contributed by atoms with E-state index >= 15 is 0 Å². The molecule has 0 aromatic heterocycles. The Bertz CT molecular complexity index is 536. The van der Waals surface area contributed by atoms with Crippen LogP contribution in [0.25, 0.3) is 0 Å². The first-order chi connectivity index (χ1) is 9.43. The third-order valence-electron chi connectivity index (χ3n) is 3.52. The summed E-state index contributed by atoms with van der Waals surface area (Å²) in [5, 5.41) is 2.22. The lowest BCUT2D eigenvalue weighted by Crippen LogP contribution is -2.44. The van der Waals surface area contributed by atoms with Crippen LogP contribution in [0.2, 0.25) is 0 Å². The summed E-state index contributed by atoms with van der Waals surface area (Å²) < 4.78 is 39.6. The second-order valence-corrected chi connectivity index (χ2v) is 4.92. The Morgan fingerprint density at radius 3 is 2.35 bits per heavy atom. The minimum atomic E-state index is -1.55. The van der Waals surface area contributed by atoms with Crippen LogP contribution in [0, 0.1) is 23.4 Å². The van der Waals surface area contributed by atoms with Gasteiger partial charge in [0, 0.05) is 18.3 Å². The quantitative estimate of drug-likeness (QED) is 0.685. The number of imide groups is 1. The third kappa shape index (κ3) is 2.69. The van der Waals surface area contributed by atoms with E-state index in [1.807, 2.05) is 6.92 Å². The lowest BCUT2D eigenvalue weighted by Gasteiger charge is -2.30. The lowest BCUT2D eigenvalue weighted by molar-refractivity contribution is -0.137. The Labute approximate surface area is 114 Å². The van der Waals surface area contributed by atoms with Crippen molar-refractivity contribution in [3.8, 4) is 0 Å². The standard InChI is InChI=1S/C14H14F3NO2/c1-2-3-8-9(6-12(19)18-14(8)20)7-4-10(15)13(17)11(16)5-7/h4-5,8-9H,2-3,6H2,1H3,(H,18,19,20). The molecule has 3 nitrogen and oxygen atoms in total. The smallest absolute Gasteiger partial charge is 0.230 e. The molecule has 0 bridgehead atoms. The Balaban J connectivity index is 2.41. The Kier molecular flexibility index (Phi) is 4.11. The van der Waals surface area contributed by atoms with Gasteiger partial charge in [0.2, 0.25) is 11.8 Å². The van der Waals surface area contributed by atoms with E-state index in [0.29, 0.717) is 12.8 Å². The number of hydrogen-bond donors (Lipinski definition) is 1. The van der Waals surface area contributed by atoms with Crippen molar-refractivity contribution < 1.29 is 22.8 Å². The summed E-state index contributed by atoms with van der Waals surface area (Å²) in [6.07, 6.45) is 1.14. The zero-order chi connectivity index (χ0) is 14.9. The first kappa shape index (κ1) is 14.6. The van der Waals surface area contributed by atoms with Gasteiger partial charge in [-0.1, -0.05) is 13.3 Å². The molecule has 0 radical (unpaired) electrons. The molecule has 0 saturated carbocycles. The third-order valence-corrected chi connectivity index (χ3v) is 3.52. The number of rotatable bonds is 3. The second-order valence-electron chi connectivity index (χ2n) is 4.92. The highest BCUT2D eigenvalue weighted by Crippen LogP contribution is 2.35. The zero-order valence-corrected chi connectivity index (χ0v) is 10.9. The van der Waals surface area contributed by atoms with Gasteiger partial charge in [-0.25, -0.2) is 13.2 Å². The molecule has 1 aromatic rings. The fourth-order valence-corrected chi connectivity index (χ4v) is 2.59. The molecule has 2 rings (SSSR count). The molecule has 0 aliphatic carbocycles. The van der Waals surface area contributed by atoms with Gasteiger partial charge in [-0.05, 0) is 24.1 Å². The van der Waals surface area contributed by atoms with Crippen molar-refractivity contribution >= 4 is 11.8 Å². The molecule has 2 atom stereocenters. The molecule has 2 amide bonds. The molecule has 20 heavy (non-hydrogen) atoms. The summed E-state index contributed by atoms with van der Waals surface area (Å²) in [4.78, 5) is 23.3. The van der Waals surface area contributed by atoms with E-state index in [1.165, 1.54) is 0 Å². The molecule has 1 aliphatic heterocycles. The number of nitrogens with one attached hydrogen (secondary N) is 1. The van der Waals surface area contributed by atoms with E-state index in [-0.39, 0.29) is 12.0 Å². The first-order valence-corrected chi connectivity index (χ1v) is 6.42. The molecule has 1 saturated heterocycles. The number of carbonyl (C=O) groups excluding carboxylic acids is 2. The van der Waals surface area contributed by atoms with E-state index in [1.54, 1.807) is 0 Å². The van der Waals surface area contributed by atoms with Crippen molar-refractivity contribution in [2.24, 2.45) is 5.92 Å². The highest BCUT2D eigenvalue weighted by atomic mass is 19.2. The average molecular weight is 285 g/mol.